The van der Waals surface area contributed by atoms with Gasteiger partial charge in [0.1, 0.15) is 29.4 Å². The fourth-order valence-corrected chi connectivity index (χ4v) is 9.61. The van der Waals surface area contributed by atoms with Gasteiger partial charge >= 0.3 is 0 Å². The van der Waals surface area contributed by atoms with Crippen molar-refractivity contribution in [3.8, 4) is 0 Å². The number of imide groups is 2. The van der Waals surface area contributed by atoms with Crippen molar-refractivity contribution in [2.45, 2.75) is 30.8 Å². The molecular formula is C41H36ClFN4O7. The predicted molar refractivity (Wildman–Crippen MR) is 196 cm³/mol. The van der Waals surface area contributed by atoms with Crippen molar-refractivity contribution >= 4 is 52.3 Å². The van der Waals surface area contributed by atoms with Crippen molar-refractivity contribution in [2.24, 2.45) is 23.7 Å². The molecule has 9 rings (SSSR count). The fraction of sp³-hybridized carbons (Fsp3) is 0.317. The minimum atomic E-state index is -1.57. The number of halogens is 2. The quantitative estimate of drug-likeness (QED) is 0.183. The second-order valence-corrected chi connectivity index (χ2v) is 14.9. The molecule has 4 heterocycles. The molecule has 54 heavy (non-hydrogen) atoms. The number of nitrogens with zero attached hydrogens (tertiary/aromatic N) is 3. The third-order valence-electron chi connectivity index (χ3n) is 11.9. The number of morpholine rings is 1. The molecule has 3 aromatic carbocycles. The lowest BCUT2D eigenvalue weighted by Gasteiger charge is -2.49. The molecule has 5 aliphatic rings. The van der Waals surface area contributed by atoms with Crippen LogP contribution in [0.1, 0.15) is 35.8 Å². The van der Waals surface area contributed by atoms with Gasteiger partial charge in [0.2, 0.25) is 11.8 Å². The standard InChI is InChI=1S/C41H36ClFN4O7/c42-24-3-1-23(2-4-24)41-33(38(50)47(40(41)52)44-26-7-5-25(43)6-8-26)21-32-30(36(41)34-16-13-29(22-48)54-34)14-15-31-35(32)39(51)46(37(31)49)28-11-9-27(10-12-28)45-17-19-53-20-18-45/h1-14,16,31-33,35-36,44,48H,15,17-22H2. The molecule has 6 atom stereocenters. The SMILES string of the molecule is O=C1C2CC3C(=CCC4C(=O)N(c5ccc(N6CCOCC6)cc5)C(=O)C43)C(c3ccc(CO)o3)C2(c2ccc(Cl)cc2)C(=O)N1Nc1ccc(F)cc1. The van der Waals surface area contributed by atoms with Crippen LogP contribution in [0.25, 0.3) is 0 Å². The van der Waals surface area contributed by atoms with Gasteiger partial charge in [0.05, 0.1) is 48.3 Å². The smallest absolute Gasteiger partial charge is 0.260 e. The number of nitrogens with one attached hydrogen (secondary N) is 1. The summed E-state index contributed by atoms with van der Waals surface area (Å²) in [5.41, 5.74) is 4.36. The Labute approximate surface area is 314 Å². The van der Waals surface area contributed by atoms with Crippen LogP contribution in [0.5, 0.6) is 0 Å². The number of hydrogen-bond donors (Lipinski definition) is 2. The number of ether oxygens (including phenoxy) is 1. The summed E-state index contributed by atoms with van der Waals surface area (Å²) >= 11 is 6.35. The molecule has 4 amide bonds. The summed E-state index contributed by atoms with van der Waals surface area (Å²) < 4.78 is 25.6. The van der Waals surface area contributed by atoms with Crippen LogP contribution in [-0.2, 0) is 35.9 Å². The van der Waals surface area contributed by atoms with Gasteiger partial charge in [0.15, 0.2) is 0 Å². The molecule has 0 radical (unpaired) electrons. The highest BCUT2D eigenvalue weighted by molar-refractivity contribution is 6.30. The van der Waals surface area contributed by atoms with Crippen molar-refractivity contribution in [1.29, 1.82) is 0 Å². The Bertz CT molecular complexity index is 2180. The summed E-state index contributed by atoms with van der Waals surface area (Å²) in [6, 6.07) is 22.8. The van der Waals surface area contributed by atoms with E-state index in [4.69, 9.17) is 20.8 Å². The molecule has 3 saturated heterocycles. The Morgan fingerprint density at radius 3 is 2.22 bits per heavy atom. The highest BCUT2D eigenvalue weighted by atomic mass is 35.5. The summed E-state index contributed by atoms with van der Waals surface area (Å²) in [5.74, 6) is -5.61. The van der Waals surface area contributed by atoms with Gasteiger partial charge in [-0.2, -0.15) is 5.01 Å². The molecule has 4 fully saturated rings. The van der Waals surface area contributed by atoms with Gasteiger partial charge < -0.3 is 19.2 Å². The van der Waals surface area contributed by atoms with E-state index in [1.54, 1.807) is 48.5 Å². The van der Waals surface area contributed by atoms with Crippen molar-refractivity contribution in [1.82, 2.24) is 5.01 Å². The first-order valence-electron chi connectivity index (χ1n) is 18.1. The monoisotopic (exact) mass is 750 g/mol. The zero-order valence-electron chi connectivity index (χ0n) is 29.0. The Balaban J connectivity index is 1.15. The van der Waals surface area contributed by atoms with Crippen LogP contribution in [0.15, 0.2) is 101 Å². The largest absolute Gasteiger partial charge is 0.463 e. The minimum absolute atomic E-state index is 0.0920. The number of aliphatic hydroxyl groups is 1. The first-order valence-corrected chi connectivity index (χ1v) is 18.4. The van der Waals surface area contributed by atoms with Crippen molar-refractivity contribution < 1.29 is 37.8 Å². The number of carbonyl (C=O) groups excluding carboxylic acids is 4. The van der Waals surface area contributed by atoms with E-state index in [9.17, 15) is 23.9 Å². The van der Waals surface area contributed by atoms with E-state index in [0.717, 1.165) is 29.4 Å². The second-order valence-electron chi connectivity index (χ2n) is 14.5. The highest BCUT2D eigenvalue weighted by Gasteiger charge is 2.71. The van der Waals surface area contributed by atoms with Crippen LogP contribution in [-0.4, -0.2) is 60.0 Å². The number of carbonyl (C=O) groups is 4. The maximum Gasteiger partial charge on any atom is 0.260 e. The summed E-state index contributed by atoms with van der Waals surface area (Å²) in [7, 11) is 0. The van der Waals surface area contributed by atoms with E-state index in [-0.39, 0.29) is 30.4 Å². The van der Waals surface area contributed by atoms with E-state index in [1.165, 1.54) is 29.2 Å². The third kappa shape index (κ3) is 5.22. The zero-order chi connectivity index (χ0) is 37.3. The first kappa shape index (κ1) is 34.5. The van der Waals surface area contributed by atoms with Crippen LogP contribution in [0.3, 0.4) is 0 Å². The minimum Gasteiger partial charge on any atom is -0.463 e. The molecule has 13 heteroatoms. The molecule has 0 spiro atoms. The number of rotatable bonds is 7. The number of anilines is 3. The molecule has 2 N–H and O–H groups in total. The normalized spacial score (nSPS) is 27.9. The lowest BCUT2D eigenvalue weighted by atomic mass is 9.50. The lowest BCUT2D eigenvalue weighted by molar-refractivity contribution is -0.138. The molecule has 0 bridgehead atoms. The van der Waals surface area contributed by atoms with Crippen LogP contribution in [0.2, 0.25) is 5.02 Å². The fourth-order valence-electron chi connectivity index (χ4n) is 9.49. The Morgan fingerprint density at radius 2 is 1.54 bits per heavy atom. The Morgan fingerprint density at radius 1 is 0.833 bits per heavy atom. The van der Waals surface area contributed by atoms with E-state index in [1.807, 2.05) is 18.2 Å². The van der Waals surface area contributed by atoms with Crippen LogP contribution < -0.4 is 15.2 Å². The number of hydrazine groups is 1. The molecule has 3 aliphatic heterocycles. The predicted octanol–water partition coefficient (Wildman–Crippen LogP) is 5.59. The molecule has 1 saturated carbocycles. The van der Waals surface area contributed by atoms with E-state index >= 15 is 4.79 Å². The van der Waals surface area contributed by atoms with E-state index < -0.39 is 59.2 Å². The molecule has 1 aromatic heterocycles. The van der Waals surface area contributed by atoms with Crippen LogP contribution >= 0.6 is 11.6 Å². The van der Waals surface area contributed by atoms with Gasteiger partial charge in [-0.15, -0.1) is 0 Å². The average Bonchev–Trinajstić information content (AvgIpc) is 3.84. The first-order chi connectivity index (χ1) is 26.2. The number of benzene rings is 3. The van der Waals surface area contributed by atoms with Crippen LogP contribution in [0.4, 0.5) is 21.5 Å². The molecular weight excluding hydrogens is 715 g/mol. The van der Waals surface area contributed by atoms with Gasteiger partial charge in [-0.1, -0.05) is 35.4 Å². The van der Waals surface area contributed by atoms with E-state index in [2.05, 4.69) is 10.3 Å². The van der Waals surface area contributed by atoms with Gasteiger partial charge in [-0.25, -0.2) is 4.39 Å². The summed E-state index contributed by atoms with van der Waals surface area (Å²) in [4.78, 5) is 62.2. The maximum atomic E-state index is 15.2. The van der Waals surface area contributed by atoms with Gasteiger partial charge in [-0.3, -0.25) is 29.5 Å². The summed E-state index contributed by atoms with van der Waals surface area (Å²) in [6.45, 7) is 2.34. The Hall–Kier alpha value is -5.30. The number of furan rings is 1. The van der Waals surface area contributed by atoms with E-state index in [0.29, 0.717) is 40.9 Å². The van der Waals surface area contributed by atoms with Crippen molar-refractivity contribution in [3.05, 3.63) is 125 Å². The zero-order valence-corrected chi connectivity index (χ0v) is 29.7. The molecule has 2 aliphatic carbocycles. The number of aliphatic hydroxyl groups excluding tert-OH is 1. The van der Waals surface area contributed by atoms with Gasteiger partial charge in [-0.05, 0) is 97.1 Å². The van der Waals surface area contributed by atoms with Crippen molar-refractivity contribution in [3.63, 3.8) is 0 Å². The lowest BCUT2D eigenvalue weighted by Crippen LogP contribution is -2.53. The van der Waals surface area contributed by atoms with Crippen molar-refractivity contribution in [2.75, 3.05) is 41.5 Å². The second kappa shape index (κ2) is 13.2. The molecule has 4 aromatic rings. The van der Waals surface area contributed by atoms with Gasteiger partial charge in [0.25, 0.3) is 11.8 Å². The van der Waals surface area contributed by atoms with Crippen LogP contribution in [0, 0.1) is 29.5 Å². The number of fused-ring (bicyclic) bond motifs is 4. The summed E-state index contributed by atoms with van der Waals surface area (Å²) in [5, 5.41) is 11.4. The highest BCUT2D eigenvalue weighted by Crippen LogP contribution is 2.64. The van der Waals surface area contributed by atoms with Gasteiger partial charge in [0, 0.05) is 23.8 Å². The molecule has 6 unspecified atom stereocenters. The number of allylic oxidation sites excluding steroid dienone is 2. The number of hydrogen-bond acceptors (Lipinski definition) is 9. The molecule has 276 valence electrons. The Kier molecular flexibility index (Phi) is 8.44. The molecule has 11 nitrogen and oxygen atoms in total. The topological polar surface area (TPSA) is 133 Å². The number of amides is 4. The maximum absolute atomic E-state index is 15.2. The summed E-state index contributed by atoms with van der Waals surface area (Å²) in [6.07, 6.45) is 2.28. The average molecular weight is 751 g/mol. The third-order valence-corrected chi connectivity index (χ3v) is 12.1.